The van der Waals surface area contributed by atoms with Gasteiger partial charge < -0.3 is 10.6 Å². The van der Waals surface area contributed by atoms with Crippen LogP contribution in [0, 0.1) is 5.41 Å². The van der Waals surface area contributed by atoms with Gasteiger partial charge >= 0.3 is 0 Å². The van der Waals surface area contributed by atoms with Crippen molar-refractivity contribution in [3.8, 4) is 0 Å². The van der Waals surface area contributed by atoms with Crippen LogP contribution >= 0.6 is 11.6 Å². The Hall–Kier alpha value is -1.06. The van der Waals surface area contributed by atoms with Gasteiger partial charge in [0.1, 0.15) is 0 Å². The highest BCUT2D eigenvalue weighted by atomic mass is 35.5. The summed E-state index contributed by atoms with van der Waals surface area (Å²) >= 11 is 5.81. The van der Waals surface area contributed by atoms with E-state index in [9.17, 15) is 4.79 Å². The summed E-state index contributed by atoms with van der Waals surface area (Å²) in [5.74, 6) is -0.00766. The number of nitrogens with one attached hydrogen (secondary N) is 2. The molecule has 0 heterocycles. The topological polar surface area (TPSA) is 41.1 Å². The molecule has 1 fully saturated rings. The Kier molecular flexibility index (Phi) is 5.44. The molecule has 0 unspecified atom stereocenters. The van der Waals surface area contributed by atoms with Crippen molar-refractivity contribution in [1.82, 2.24) is 5.32 Å². The van der Waals surface area contributed by atoms with Crippen LogP contribution in [0.5, 0.6) is 0 Å². The number of halogens is 1. The second-order valence-electron chi connectivity index (χ2n) is 6.03. The summed E-state index contributed by atoms with van der Waals surface area (Å²) < 4.78 is 0. The monoisotopic (exact) mass is 294 g/mol. The molecule has 0 bridgehead atoms. The summed E-state index contributed by atoms with van der Waals surface area (Å²) in [5, 5.41) is 6.82. The Balaban J connectivity index is 1.71. The molecule has 0 aromatic heterocycles. The van der Waals surface area contributed by atoms with Crippen LogP contribution in [-0.4, -0.2) is 19.0 Å². The second-order valence-corrected chi connectivity index (χ2v) is 6.47. The van der Waals surface area contributed by atoms with Crippen molar-refractivity contribution >= 4 is 23.2 Å². The zero-order valence-corrected chi connectivity index (χ0v) is 12.8. The molecule has 0 saturated heterocycles. The first kappa shape index (κ1) is 15.3. The van der Waals surface area contributed by atoms with Crippen molar-refractivity contribution in [3.63, 3.8) is 0 Å². The average molecular weight is 295 g/mol. The molecule has 1 aliphatic rings. The quantitative estimate of drug-likeness (QED) is 0.866. The number of hydrogen-bond acceptors (Lipinski definition) is 2. The van der Waals surface area contributed by atoms with Crippen LogP contribution in [0.1, 0.15) is 39.0 Å². The molecule has 2 rings (SSSR count). The van der Waals surface area contributed by atoms with Crippen LogP contribution in [0.2, 0.25) is 5.02 Å². The molecular formula is C16H23ClN2O. The van der Waals surface area contributed by atoms with Gasteiger partial charge in [0.05, 0.1) is 6.54 Å². The third-order valence-electron chi connectivity index (χ3n) is 4.03. The van der Waals surface area contributed by atoms with E-state index in [2.05, 4.69) is 17.6 Å². The van der Waals surface area contributed by atoms with E-state index in [0.29, 0.717) is 17.0 Å². The molecule has 2 N–H and O–H groups in total. The molecule has 4 heteroatoms. The molecule has 0 atom stereocenters. The largest absolute Gasteiger partial charge is 0.325 e. The van der Waals surface area contributed by atoms with E-state index in [1.807, 2.05) is 12.1 Å². The predicted octanol–water partition coefficient (Wildman–Crippen LogP) is 3.84. The molecule has 1 aliphatic carbocycles. The van der Waals surface area contributed by atoms with Crippen molar-refractivity contribution < 1.29 is 4.79 Å². The summed E-state index contributed by atoms with van der Waals surface area (Å²) in [5.41, 5.74) is 1.14. The van der Waals surface area contributed by atoms with E-state index in [1.54, 1.807) is 12.1 Å². The van der Waals surface area contributed by atoms with Gasteiger partial charge in [0.15, 0.2) is 0 Å². The molecule has 1 aromatic carbocycles. The maximum absolute atomic E-state index is 11.8. The lowest BCUT2D eigenvalue weighted by atomic mass is 9.76. The van der Waals surface area contributed by atoms with Gasteiger partial charge in [-0.2, -0.15) is 0 Å². The maximum Gasteiger partial charge on any atom is 0.238 e. The van der Waals surface area contributed by atoms with Gasteiger partial charge in [0, 0.05) is 17.3 Å². The Morgan fingerprint density at radius 3 is 2.50 bits per heavy atom. The first-order valence-electron chi connectivity index (χ1n) is 7.34. The minimum atomic E-state index is -0.00766. The molecule has 0 aliphatic heterocycles. The third-order valence-corrected chi connectivity index (χ3v) is 4.28. The minimum absolute atomic E-state index is 0.00766. The van der Waals surface area contributed by atoms with Gasteiger partial charge in [-0.3, -0.25) is 4.79 Å². The molecule has 3 nitrogen and oxygen atoms in total. The number of hydrogen-bond donors (Lipinski definition) is 2. The van der Waals surface area contributed by atoms with E-state index >= 15 is 0 Å². The molecule has 0 spiro atoms. The number of benzene rings is 1. The molecule has 20 heavy (non-hydrogen) atoms. The summed E-state index contributed by atoms with van der Waals surface area (Å²) in [6.07, 6.45) is 6.51. The van der Waals surface area contributed by atoms with Gasteiger partial charge in [-0.1, -0.05) is 37.8 Å². The van der Waals surface area contributed by atoms with E-state index in [1.165, 1.54) is 32.1 Å². The smallest absolute Gasteiger partial charge is 0.238 e. The number of amides is 1. The lowest BCUT2D eigenvalue weighted by Gasteiger charge is -2.33. The Labute approximate surface area is 126 Å². The molecule has 1 amide bonds. The van der Waals surface area contributed by atoms with Crippen LogP contribution in [0.3, 0.4) is 0 Å². The Bertz CT molecular complexity index is 438. The standard InChI is InChI=1S/C16H23ClN2O/c1-16(9-3-2-4-10-16)12-18-11-15(20)19-14-7-5-13(17)6-8-14/h5-8,18H,2-4,9-12H2,1H3,(H,19,20). The van der Waals surface area contributed by atoms with Crippen molar-refractivity contribution in [2.24, 2.45) is 5.41 Å². The summed E-state index contributed by atoms with van der Waals surface area (Å²) in [4.78, 5) is 11.8. The predicted molar refractivity (Wildman–Crippen MR) is 84.1 cm³/mol. The zero-order chi connectivity index (χ0) is 14.4. The zero-order valence-electron chi connectivity index (χ0n) is 12.0. The van der Waals surface area contributed by atoms with Crippen LogP contribution < -0.4 is 10.6 Å². The van der Waals surface area contributed by atoms with Crippen LogP contribution in [0.25, 0.3) is 0 Å². The molecule has 1 saturated carbocycles. The highest BCUT2D eigenvalue weighted by Gasteiger charge is 2.26. The normalized spacial score (nSPS) is 17.7. The number of carbonyl (C=O) groups excluding carboxylic acids is 1. The first-order chi connectivity index (χ1) is 9.57. The Morgan fingerprint density at radius 1 is 1.20 bits per heavy atom. The number of rotatable bonds is 5. The SMILES string of the molecule is CC1(CNCC(=O)Nc2ccc(Cl)cc2)CCCCC1. The fourth-order valence-corrected chi connectivity index (χ4v) is 2.92. The van der Waals surface area contributed by atoms with Gasteiger partial charge in [-0.15, -0.1) is 0 Å². The minimum Gasteiger partial charge on any atom is -0.325 e. The lowest BCUT2D eigenvalue weighted by Crippen LogP contribution is -2.37. The fraction of sp³-hybridized carbons (Fsp3) is 0.562. The maximum atomic E-state index is 11.8. The molecule has 1 aromatic rings. The van der Waals surface area contributed by atoms with Crippen molar-refractivity contribution in [2.75, 3.05) is 18.4 Å². The third kappa shape index (κ3) is 4.80. The van der Waals surface area contributed by atoms with Gasteiger partial charge in [0.2, 0.25) is 5.91 Å². The van der Waals surface area contributed by atoms with Crippen molar-refractivity contribution in [1.29, 1.82) is 0 Å². The number of carbonyl (C=O) groups is 1. The van der Waals surface area contributed by atoms with E-state index < -0.39 is 0 Å². The first-order valence-corrected chi connectivity index (χ1v) is 7.71. The van der Waals surface area contributed by atoms with Crippen LogP contribution in [0.4, 0.5) is 5.69 Å². The van der Waals surface area contributed by atoms with Gasteiger partial charge in [-0.25, -0.2) is 0 Å². The van der Waals surface area contributed by atoms with Gasteiger partial charge in [-0.05, 0) is 42.5 Å². The highest BCUT2D eigenvalue weighted by molar-refractivity contribution is 6.30. The van der Waals surface area contributed by atoms with E-state index in [4.69, 9.17) is 11.6 Å². The molecular weight excluding hydrogens is 272 g/mol. The van der Waals surface area contributed by atoms with Gasteiger partial charge in [0.25, 0.3) is 0 Å². The average Bonchev–Trinajstić information content (AvgIpc) is 2.42. The fourth-order valence-electron chi connectivity index (χ4n) is 2.80. The van der Waals surface area contributed by atoms with E-state index in [-0.39, 0.29) is 5.91 Å². The highest BCUT2D eigenvalue weighted by Crippen LogP contribution is 2.34. The summed E-state index contributed by atoms with van der Waals surface area (Å²) in [7, 11) is 0. The molecule has 0 radical (unpaired) electrons. The number of anilines is 1. The van der Waals surface area contributed by atoms with Crippen molar-refractivity contribution in [3.05, 3.63) is 29.3 Å². The molecule has 110 valence electrons. The van der Waals surface area contributed by atoms with Crippen LogP contribution in [-0.2, 0) is 4.79 Å². The van der Waals surface area contributed by atoms with Crippen LogP contribution in [0.15, 0.2) is 24.3 Å². The summed E-state index contributed by atoms with van der Waals surface area (Å²) in [6, 6.07) is 7.16. The Morgan fingerprint density at radius 2 is 1.85 bits per heavy atom. The summed E-state index contributed by atoms with van der Waals surface area (Å²) in [6.45, 7) is 3.59. The van der Waals surface area contributed by atoms with E-state index in [0.717, 1.165) is 12.2 Å². The van der Waals surface area contributed by atoms with Crippen molar-refractivity contribution in [2.45, 2.75) is 39.0 Å². The second kappa shape index (κ2) is 7.09. The lowest BCUT2D eigenvalue weighted by molar-refractivity contribution is -0.115.